The van der Waals surface area contributed by atoms with Crippen molar-refractivity contribution in [1.82, 2.24) is 0 Å². The quantitative estimate of drug-likeness (QED) is 0.733. The van der Waals surface area contributed by atoms with E-state index in [9.17, 15) is 15.3 Å². The number of phenols is 1. The van der Waals surface area contributed by atoms with E-state index in [0.29, 0.717) is 16.9 Å². The standard InChI is InChI=1S/C15H16O4/c1-19-14-9-11(7-8-13(14)16)10-15(17,18)12-5-3-2-4-6-12/h2-9,16-18H,10H2,1H3. The van der Waals surface area contributed by atoms with Crippen molar-refractivity contribution in [2.24, 2.45) is 0 Å². The van der Waals surface area contributed by atoms with Gasteiger partial charge in [0.15, 0.2) is 17.3 Å². The minimum Gasteiger partial charge on any atom is -0.504 e. The highest BCUT2D eigenvalue weighted by Crippen LogP contribution is 2.29. The predicted octanol–water partition coefficient (Wildman–Crippen LogP) is 1.78. The second-order valence-electron chi connectivity index (χ2n) is 4.37. The maximum absolute atomic E-state index is 10.1. The van der Waals surface area contributed by atoms with E-state index in [0.717, 1.165) is 0 Å². The first kappa shape index (κ1) is 13.4. The average Bonchev–Trinajstić information content (AvgIpc) is 2.42. The molecule has 0 saturated heterocycles. The summed E-state index contributed by atoms with van der Waals surface area (Å²) in [5.74, 6) is -1.63. The van der Waals surface area contributed by atoms with Crippen molar-refractivity contribution in [2.45, 2.75) is 12.2 Å². The van der Waals surface area contributed by atoms with E-state index in [2.05, 4.69) is 0 Å². The highest BCUT2D eigenvalue weighted by molar-refractivity contribution is 5.42. The summed E-state index contributed by atoms with van der Waals surface area (Å²) in [6.07, 6.45) is 0.00759. The Kier molecular flexibility index (Phi) is 3.74. The van der Waals surface area contributed by atoms with Crippen LogP contribution in [0.1, 0.15) is 11.1 Å². The predicted molar refractivity (Wildman–Crippen MR) is 70.9 cm³/mol. The summed E-state index contributed by atoms with van der Waals surface area (Å²) >= 11 is 0. The van der Waals surface area contributed by atoms with Crippen LogP contribution in [0.3, 0.4) is 0 Å². The Bertz CT molecular complexity index is 549. The van der Waals surface area contributed by atoms with Crippen molar-refractivity contribution in [3.63, 3.8) is 0 Å². The topological polar surface area (TPSA) is 69.9 Å². The number of phenolic OH excluding ortho intramolecular Hbond substituents is 1. The van der Waals surface area contributed by atoms with Gasteiger partial charge < -0.3 is 20.1 Å². The van der Waals surface area contributed by atoms with Gasteiger partial charge in [0.2, 0.25) is 0 Å². The first-order valence-corrected chi connectivity index (χ1v) is 5.89. The molecule has 2 rings (SSSR count). The molecule has 4 heteroatoms. The zero-order valence-electron chi connectivity index (χ0n) is 10.6. The van der Waals surface area contributed by atoms with Gasteiger partial charge in [0.1, 0.15) is 0 Å². The van der Waals surface area contributed by atoms with Crippen LogP contribution in [-0.4, -0.2) is 22.4 Å². The molecule has 0 aliphatic carbocycles. The maximum atomic E-state index is 10.1. The average molecular weight is 260 g/mol. The molecular weight excluding hydrogens is 244 g/mol. The fourth-order valence-electron chi connectivity index (χ4n) is 1.92. The van der Waals surface area contributed by atoms with Crippen molar-refractivity contribution in [2.75, 3.05) is 7.11 Å². The Labute approximate surface area is 111 Å². The largest absolute Gasteiger partial charge is 0.504 e. The summed E-state index contributed by atoms with van der Waals surface area (Å²) < 4.78 is 4.99. The SMILES string of the molecule is COc1cc(CC(O)(O)c2ccccc2)ccc1O. The Morgan fingerprint density at radius 2 is 1.74 bits per heavy atom. The maximum Gasteiger partial charge on any atom is 0.193 e. The van der Waals surface area contributed by atoms with Gasteiger partial charge in [-0.2, -0.15) is 0 Å². The Morgan fingerprint density at radius 1 is 1.05 bits per heavy atom. The van der Waals surface area contributed by atoms with Crippen LogP contribution in [0, 0.1) is 0 Å². The highest BCUT2D eigenvalue weighted by atomic mass is 16.5. The third-order valence-corrected chi connectivity index (χ3v) is 2.93. The summed E-state index contributed by atoms with van der Waals surface area (Å²) in [5, 5.41) is 29.7. The van der Waals surface area contributed by atoms with Gasteiger partial charge in [0.05, 0.1) is 7.11 Å². The summed E-state index contributed by atoms with van der Waals surface area (Å²) in [4.78, 5) is 0. The molecule has 4 nitrogen and oxygen atoms in total. The number of benzene rings is 2. The van der Waals surface area contributed by atoms with Crippen molar-refractivity contribution in [1.29, 1.82) is 0 Å². The lowest BCUT2D eigenvalue weighted by molar-refractivity contribution is -0.168. The van der Waals surface area contributed by atoms with E-state index in [4.69, 9.17) is 4.74 Å². The van der Waals surface area contributed by atoms with E-state index in [1.54, 1.807) is 36.4 Å². The number of hydrogen-bond donors (Lipinski definition) is 3. The molecule has 2 aromatic carbocycles. The van der Waals surface area contributed by atoms with Crippen LogP contribution in [0.5, 0.6) is 11.5 Å². The molecule has 100 valence electrons. The normalized spacial score (nSPS) is 11.3. The second-order valence-corrected chi connectivity index (χ2v) is 4.37. The zero-order valence-corrected chi connectivity index (χ0v) is 10.6. The molecule has 0 aliphatic rings. The summed E-state index contributed by atoms with van der Waals surface area (Å²) in [7, 11) is 1.45. The van der Waals surface area contributed by atoms with E-state index >= 15 is 0 Å². The van der Waals surface area contributed by atoms with Crippen molar-refractivity contribution >= 4 is 0 Å². The van der Waals surface area contributed by atoms with Gasteiger partial charge in [0.25, 0.3) is 0 Å². The molecule has 0 unspecified atom stereocenters. The van der Waals surface area contributed by atoms with Crippen molar-refractivity contribution in [3.05, 3.63) is 59.7 Å². The lowest BCUT2D eigenvalue weighted by Gasteiger charge is -2.22. The number of ether oxygens (including phenoxy) is 1. The van der Waals surface area contributed by atoms with Crippen molar-refractivity contribution in [3.8, 4) is 11.5 Å². The van der Waals surface area contributed by atoms with Crippen LogP contribution in [-0.2, 0) is 12.2 Å². The van der Waals surface area contributed by atoms with Gasteiger partial charge in [-0.25, -0.2) is 0 Å². The van der Waals surface area contributed by atoms with Crippen LogP contribution >= 0.6 is 0 Å². The van der Waals surface area contributed by atoms with Crippen LogP contribution in [0.25, 0.3) is 0 Å². The number of rotatable bonds is 4. The summed E-state index contributed by atoms with van der Waals surface area (Å²) in [5.41, 5.74) is 1.07. The first-order chi connectivity index (χ1) is 9.03. The lowest BCUT2D eigenvalue weighted by Crippen LogP contribution is -2.27. The van der Waals surface area contributed by atoms with Gasteiger partial charge in [-0.05, 0) is 17.7 Å². The molecule has 0 saturated carbocycles. The third kappa shape index (κ3) is 3.05. The minimum absolute atomic E-state index is 0.00759. The van der Waals surface area contributed by atoms with E-state index in [1.807, 2.05) is 6.07 Å². The molecule has 3 N–H and O–H groups in total. The monoisotopic (exact) mass is 260 g/mol. The summed E-state index contributed by atoms with van der Waals surface area (Å²) in [6.45, 7) is 0. The highest BCUT2D eigenvalue weighted by Gasteiger charge is 2.26. The van der Waals surface area contributed by atoms with E-state index in [-0.39, 0.29) is 12.2 Å². The number of aromatic hydroxyl groups is 1. The van der Waals surface area contributed by atoms with Gasteiger partial charge in [-0.15, -0.1) is 0 Å². The Morgan fingerprint density at radius 3 is 2.37 bits per heavy atom. The molecular formula is C15H16O4. The molecule has 2 aromatic rings. The number of methoxy groups -OCH3 is 1. The smallest absolute Gasteiger partial charge is 0.193 e. The molecule has 0 aliphatic heterocycles. The van der Waals surface area contributed by atoms with Crippen LogP contribution < -0.4 is 4.74 Å². The Balaban J connectivity index is 2.25. The molecule has 0 bridgehead atoms. The number of hydrogen-bond acceptors (Lipinski definition) is 4. The minimum atomic E-state index is -1.96. The molecule has 0 spiro atoms. The van der Waals surface area contributed by atoms with E-state index < -0.39 is 5.79 Å². The van der Waals surface area contributed by atoms with Crippen LogP contribution in [0.4, 0.5) is 0 Å². The molecule has 0 aromatic heterocycles. The molecule has 0 atom stereocenters. The lowest BCUT2D eigenvalue weighted by atomic mass is 9.97. The zero-order chi connectivity index (χ0) is 13.9. The first-order valence-electron chi connectivity index (χ1n) is 5.89. The molecule has 0 radical (unpaired) electrons. The number of aliphatic hydroxyl groups is 2. The van der Waals surface area contributed by atoms with Crippen LogP contribution in [0.2, 0.25) is 0 Å². The van der Waals surface area contributed by atoms with Crippen LogP contribution in [0.15, 0.2) is 48.5 Å². The molecule has 0 heterocycles. The molecule has 0 amide bonds. The van der Waals surface area contributed by atoms with Gasteiger partial charge in [-0.1, -0.05) is 36.4 Å². The second kappa shape index (κ2) is 5.30. The van der Waals surface area contributed by atoms with Gasteiger partial charge >= 0.3 is 0 Å². The van der Waals surface area contributed by atoms with Gasteiger partial charge in [0, 0.05) is 12.0 Å². The van der Waals surface area contributed by atoms with Crippen molar-refractivity contribution < 1.29 is 20.1 Å². The molecule has 19 heavy (non-hydrogen) atoms. The van der Waals surface area contributed by atoms with E-state index in [1.165, 1.54) is 13.2 Å². The molecule has 0 fully saturated rings. The third-order valence-electron chi connectivity index (χ3n) is 2.93. The fraction of sp³-hybridized carbons (Fsp3) is 0.200. The fourth-order valence-corrected chi connectivity index (χ4v) is 1.92. The van der Waals surface area contributed by atoms with Gasteiger partial charge in [-0.3, -0.25) is 0 Å². The summed E-state index contributed by atoms with van der Waals surface area (Å²) in [6, 6.07) is 13.3. The Hall–Kier alpha value is -2.04.